The van der Waals surface area contributed by atoms with Crippen LogP contribution in [0.5, 0.6) is 11.5 Å². The lowest BCUT2D eigenvalue weighted by Crippen LogP contribution is -2.13. The van der Waals surface area contributed by atoms with Crippen LogP contribution in [-0.4, -0.2) is 16.2 Å². The largest absolute Gasteiger partial charge is 0.508 e. The molecule has 0 aromatic heterocycles. The zero-order valence-electron chi connectivity index (χ0n) is 13.7. The molecule has 126 valence electrons. The molecule has 0 heterocycles. The number of aromatic hydroxyl groups is 2. The Morgan fingerprint density at radius 1 is 0.880 bits per heavy atom. The molecule has 0 atom stereocenters. The Balaban J connectivity index is 1.98. The maximum Gasteiger partial charge on any atom is 0.343 e. The molecule has 4 heteroatoms. The Bertz CT molecular complexity index is 834. The molecule has 0 unspecified atom stereocenters. The van der Waals surface area contributed by atoms with Gasteiger partial charge in [-0.25, -0.2) is 4.79 Å². The average molecular weight is 334 g/mol. The Morgan fingerprint density at radius 3 is 1.92 bits per heavy atom. The van der Waals surface area contributed by atoms with Crippen molar-refractivity contribution >= 4 is 5.97 Å². The maximum atomic E-state index is 12.6. The normalized spacial score (nSPS) is 10.6. The number of phenols is 2. The molecule has 2 N–H and O–H groups in total. The van der Waals surface area contributed by atoms with E-state index >= 15 is 0 Å². The predicted molar refractivity (Wildman–Crippen MR) is 94.7 cm³/mol. The molecular weight excluding hydrogens is 316 g/mol. The lowest BCUT2D eigenvalue weighted by Gasteiger charge is -2.19. The van der Waals surface area contributed by atoms with E-state index in [-0.39, 0.29) is 17.1 Å². The van der Waals surface area contributed by atoms with E-state index in [9.17, 15) is 15.0 Å². The highest BCUT2D eigenvalue weighted by Gasteiger charge is 2.23. The lowest BCUT2D eigenvalue weighted by molar-refractivity contribution is 0.0374. The molecular formula is C21H18O4. The zero-order chi connectivity index (χ0) is 17.8. The monoisotopic (exact) mass is 334 g/mol. The third kappa shape index (κ3) is 3.63. The van der Waals surface area contributed by atoms with Crippen LogP contribution in [-0.2, 0) is 4.74 Å². The topological polar surface area (TPSA) is 66.8 Å². The summed E-state index contributed by atoms with van der Waals surface area (Å²) in [5, 5.41) is 19.9. The van der Waals surface area contributed by atoms with Crippen molar-refractivity contribution in [2.45, 2.75) is 13.0 Å². The number of ether oxygens (including phenoxy) is 1. The van der Waals surface area contributed by atoms with Crippen molar-refractivity contribution in [2.24, 2.45) is 0 Å². The third-order valence-electron chi connectivity index (χ3n) is 3.93. The van der Waals surface area contributed by atoms with Gasteiger partial charge in [-0.2, -0.15) is 0 Å². The zero-order valence-corrected chi connectivity index (χ0v) is 13.7. The van der Waals surface area contributed by atoms with Crippen molar-refractivity contribution in [3.8, 4) is 11.5 Å². The summed E-state index contributed by atoms with van der Waals surface area (Å²) < 4.78 is 5.69. The standard InChI is InChI=1S/C21H18O4/c1-14-12-17(22)13-18(19(14)23)21(24)25-20(15-8-4-2-5-9-15)16-10-6-3-7-11-16/h2-13,20,22-23H,1H3. The highest BCUT2D eigenvalue weighted by Crippen LogP contribution is 2.31. The first-order valence-corrected chi connectivity index (χ1v) is 7.89. The van der Waals surface area contributed by atoms with Crippen molar-refractivity contribution in [1.82, 2.24) is 0 Å². The van der Waals surface area contributed by atoms with Gasteiger partial charge in [0.15, 0.2) is 6.10 Å². The van der Waals surface area contributed by atoms with Crippen LogP contribution >= 0.6 is 0 Å². The molecule has 4 nitrogen and oxygen atoms in total. The second-order valence-corrected chi connectivity index (χ2v) is 5.77. The first kappa shape index (κ1) is 16.6. The maximum absolute atomic E-state index is 12.6. The first-order chi connectivity index (χ1) is 12.1. The molecule has 0 spiro atoms. The number of carbonyl (C=O) groups is 1. The van der Waals surface area contributed by atoms with E-state index in [4.69, 9.17) is 4.74 Å². The number of benzene rings is 3. The van der Waals surface area contributed by atoms with Gasteiger partial charge in [-0.3, -0.25) is 0 Å². The van der Waals surface area contributed by atoms with E-state index in [2.05, 4.69) is 0 Å². The van der Waals surface area contributed by atoms with Crippen LogP contribution in [0.3, 0.4) is 0 Å². The predicted octanol–water partition coefficient (Wildman–Crippen LogP) is 4.35. The van der Waals surface area contributed by atoms with Gasteiger partial charge in [0.25, 0.3) is 0 Å². The number of hydrogen-bond acceptors (Lipinski definition) is 4. The van der Waals surface area contributed by atoms with Crippen molar-refractivity contribution in [3.63, 3.8) is 0 Å². The summed E-state index contributed by atoms with van der Waals surface area (Å²) in [6.07, 6.45) is -0.614. The van der Waals surface area contributed by atoms with Gasteiger partial charge in [-0.05, 0) is 35.7 Å². The molecule has 0 aliphatic rings. The molecule has 25 heavy (non-hydrogen) atoms. The summed E-state index contributed by atoms with van der Waals surface area (Å²) in [4.78, 5) is 12.6. The number of carbonyl (C=O) groups excluding carboxylic acids is 1. The van der Waals surface area contributed by atoms with Crippen LogP contribution in [0.1, 0.15) is 33.2 Å². The van der Waals surface area contributed by atoms with Crippen LogP contribution in [0.15, 0.2) is 72.8 Å². The quantitative estimate of drug-likeness (QED) is 0.550. The van der Waals surface area contributed by atoms with Gasteiger partial charge in [0.1, 0.15) is 17.1 Å². The Morgan fingerprint density at radius 2 is 1.40 bits per heavy atom. The number of phenolic OH excluding ortho intramolecular Hbond substituents is 2. The second-order valence-electron chi connectivity index (χ2n) is 5.77. The van der Waals surface area contributed by atoms with Gasteiger partial charge in [0, 0.05) is 0 Å². The van der Waals surface area contributed by atoms with Crippen LogP contribution in [0.2, 0.25) is 0 Å². The van der Waals surface area contributed by atoms with Gasteiger partial charge in [0.05, 0.1) is 0 Å². The van der Waals surface area contributed by atoms with Gasteiger partial charge in [0.2, 0.25) is 0 Å². The SMILES string of the molecule is Cc1cc(O)cc(C(=O)OC(c2ccccc2)c2ccccc2)c1O. The molecule has 0 saturated carbocycles. The fraction of sp³-hybridized carbons (Fsp3) is 0.0952. The molecule has 3 rings (SSSR count). The summed E-state index contributed by atoms with van der Waals surface area (Å²) in [6.45, 7) is 1.61. The Hall–Kier alpha value is -3.27. The minimum absolute atomic E-state index is 0.0608. The van der Waals surface area contributed by atoms with Crippen molar-refractivity contribution < 1.29 is 19.7 Å². The fourth-order valence-corrected chi connectivity index (χ4v) is 2.67. The van der Waals surface area contributed by atoms with E-state index in [0.29, 0.717) is 5.56 Å². The highest BCUT2D eigenvalue weighted by atomic mass is 16.5. The lowest BCUT2D eigenvalue weighted by atomic mass is 10.0. The fourth-order valence-electron chi connectivity index (χ4n) is 2.67. The van der Waals surface area contributed by atoms with E-state index < -0.39 is 12.1 Å². The summed E-state index contributed by atoms with van der Waals surface area (Å²) >= 11 is 0. The van der Waals surface area contributed by atoms with Crippen LogP contribution < -0.4 is 0 Å². The molecule has 0 saturated heterocycles. The smallest absolute Gasteiger partial charge is 0.343 e. The molecule has 0 bridgehead atoms. The Kier molecular flexibility index (Phi) is 4.70. The van der Waals surface area contributed by atoms with Gasteiger partial charge < -0.3 is 14.9 Å². The molecule has 0 amide bonds. The van der Waals surface area contributed by atoms with E-state index in [1.54, 1.807) is 6.92 Å². The van der Waals surface area contributed by atoms with Gasteiger partial charge in [-0.15, -0.1) is 0 Å². The average Bonchev–Trinajstić information content (AvgIpc) is 2.64. The molecule has 0 radical (unpaired) electrons. The van der Waals surface area contributed by atoms with E-state index in [1.807, 2.05) is 60.7 Å². The Labute approximate surface area is 146 Å². The molecule has 0 aliphatic carbocycles. The highest BCUT2D eigenvalue weighted by molar-refractivity contribution is 5.93. The third-order valence-corrected chi connectivity index (χ3v) is 3.93. The van der Waals surface area contributed by atoms with Gasteiger partial charge >= 0.3 is 5.97 Å². The van der Waals surface area contributed by atoms with E-state index in [1.165, 1.54) is 12.1 Å². The minimum atomic E-state index is -0.700. The summed E-state index contributed by atoms with van der Waals surface area (Å²) in [5.74, 6) is -0.991. The van der Waals surface area contributed by atoms with Crippen molar-refractivity contribution in [2.75, 3.05) is 0 Å². The van der Waals surface area contributed by atoms with E-state index in [0.717, 1.165) is 11.1 Å². The van der Waals surface area contributed by atoms with Crippen LogP contribution in [0.25, 0.3) is 0 Å². The molecule has 0 aliphatic heterocycles. The summed E-state index contributed by atoms with van der Waals surface area (Å²) in [5.41, 5.74) is 1.98. The number of hydrogen-bond donors (Lipinski definition) is 2. The summed E-state index contributed by atoms with van der Waals surface area (Å²) in [7, 11) is 0. The number of esters is 1. The number of rotatable bonds is 4. The second kappa shape index (κ2) is 7.09. The van der Waals surface area contributed by atoms with Crippen LogP contribution in [0.4, 0.5) is 0 Å². The van der Waals surface area contributed by atoms with Crippen LogP contribution in [0, 0.1) is 6.92 Å². The molecule has 0 fully saturated rings. The van der Waals surface area contributed by atoms with Crippen molar-refractivity contribution in [1.29, 1.82) is 0 Å². The minimum Gasteiger partial charge on any atom is -0.508 e. The van der Waals surface area contributed by atoms with Crippen molar-refractivity contribution in [3.05, 3.63) is 95.1 Å². The van der Waals surface area contributed by atoms with Gasteiger partial charge in [-0.1, -0.05) is 60.7 Å². The molecule has 3 aromatic rings. The number of aryl methyl sites for hydroxylation is 1. The first-order valence-electron chi connectivity index (χ1n) is 7.89. The summed E-state index contributed by atoms with van der Waals surface area (Å²) in [6, 6.07) is 21.3. The molecule has 3 aromatic carbocycles.